The lowest BCUT2D eigenvalue weighted by atomic mass is 10.1. The van der Waals surface area contributed by atoms with E-state index in [9.17, 15) is 4.79 Å². The predicted molar refractivity (Wildman–Crippen MR) is 55.4 cm³/mol. The van der Waals surface area contributed by atoms with Crippen LogP contribution in [-0.2, 0) is 0 Å². The summed E-state index contributed by atoms with van der Waals surface area (Å²) in [6.07, 6.45) is 1.34. The molecule has 0 unspecified atom stereocenters. The van der Waals surface area contributed by atoms with Crippen LogP contribution in [0.1, 0.15) is 10.4 Å². The van der Waals surface area contributed by atoms with Crippen molar-refractivity contribution in [2.75, 3.05) is 5.88 Å². The van der Waals surface area contributed by atoms with Gasteiger partial charge in [-0.25, -0.2) is 0 Å². The van der Waals surface area contributed by atoms with E-state index < -0.39 is 0 Å². The Morgan fingerprint density at radius 1 is 1.31 bits per heavy atom. The van der Waals surface area contributed by atoms with Crippen molar-refractivity contribution < 1.29 is 4.79 Å². The molecule has 1 aromatic carbocycles. The van der Waals surface area contributed by atoms with Gasteiger partial charge < -0.3 is 0 Å². The molecule has 68 valence electrons. The maximum absolute atomic E-state index is 11.4. The summed E-state index contributed by atoms with van der Waals surface area (Å²) < 4.78 is 0. The third kappa shape index (κ3) is 3.21. The molecule has 1 aromatic rings. The van der Waals surface area contributed by atoms with Crippen LogP contribution >= 0.6 is 23.2 Å². The highest BCUT2D eigenvalue weighted by atomic mass is 35.5. The summed E-state index contributed by atoms with van der Waals surface area (Å²) >= 11 is 11.0. The van der Waals surface area contributed by atoms with E-state index >= 15 is 0 Å². The monoisotopic (exact) mass is 214 g/mol. The summed E-state index contributed by atoms with van der Waals surface area (Å²) in [5.74, 6) is 0.0476. The first kappa shape index (κ1) is 10.3. The van der Waals surface area contributed by atoms with Crippen LogP contribution in [0.2, 0.25) is 0 Å². The number of ketones is 1. The molecule has 0 bridgehead atoms. The van der Waals surface area contributed by atoms with Crippen LogP contribution in [0.25, 0.3) is 0 Å². The second-order valence-corrected chi connectivity index (χ2v) is 3.21. The van der Waals surface area contributed by atoms with E-state index in [0.717, 1.165) is 0 Å². The number of alkyl halides is 1. The van der Waals surface area contributed by atoms with Gasteiger partial charge in [0.25, 0.3) is 0 Å². The SMILES string of the molecule is O=C(/C=C(\Cl)CCl)c1ccccc1. The molecule has 13 heavy (non-hydrogen) atoms. The van der Waals surface area contributed by atoms with Gasteiger partial charge in [0.1, 0.15) is 0 Å². The van der Waals surface area contributed by atoms with Gasteiger partial charge in [-0.1, -0.05) is 41.9 Å². The minimum atomic E-state index is -0.119. The van der Waals surface area contributed by atoms with Crippen molar-refractivity contribution in [3.8, 4) is 0 Å². The number of allylic oxidation sites excluding steroid dienone is 2. The number of benzene rings is 1. The average molecular weight is 215 g/mol. The fourth-order valence-corrected chi connectivity index (χ4v) is 1.04. The molecule has 0 amide bonds. The van der Waals surface area contributed by atoms with Gasteiger partial charge in [-0.05, 0) is 0 Å². The van der Waals surface area contributed by atoms with Crippen molar-refractivity contribution in [1.29, 1.82) is 0 Å². The molecule has 0 spiro atoms. The first-order chi connectivity index (χ1) is 6.24. The van der Waals surface area contributed by atoms with Crippen LogP contribution < -0.4 is 0 Å². The number of carbonyl (C=O) groups excluding carboxylic acids is 1. The molecule has 0 saturated heterocycles. The van der Waals surface area contributed by atoms with Crippen molar-refractivity contribution in [3.63, 3.8) is 0 Å². The molecule has 0 aromatic heterocycles. The van der Waals surface area contributed by atoms with Crippen LogP contribution in [0.4, 0.5) is 0 Å². The van der Waals surface area contributed by atoms with E-state index in [-0.39, 0.29) is 11.7 Å². The zero-order valence-electron chi connectivity index (χ0n) is 6.84. The third-order valence-corrected chi connectivity index (χ3v) is 2.14. The summed E-state index contributed by atoms with van der Waals surface area (Å²) in [6, 6.07) is 8.92. The Bertz CT molecular complexity index is 317. The van der Waals surface area contributed by atoms with Crippen LogP contribution in [-0.4, -0.2) is 11.7 Å². The molecule has 0 aliphatic heterocycles. The van der Waals surface area contributed by atoms with E-state index in [1.807, 2.05) is 6.07 Å². The van der Waals surface area contributed by atoms with Gasteiger partial charge in [-0.2, -0.15) is 0 Å². The Morgan fingerprint density at radius 3 is 2.46 bits per heavy atom. The Kier molecular flexibility index (Phi) is 4.00. The predicted octanol–water partition coefficient (Wildman–Crippen LogP) is 3.23. The Balaban J connectivity index is 2.81. The highest BCUT2D eigenvalue weighted by Gasteiger charge is 2.01. The summed E-state index contributed by atoms with van der Waals surface area (Å²) in [6.45, 7) is 0. The summed E-state index contributed by atoms with van der Waals surface area (Å²) in [7, 11) is 0. The molecule has 1 nitrogen and oxygen atoms in total. The van der Waals surface area contributed by atoms with Gasteiger partial charge in [0.2, 0.25) is 0 Å². The lowest BCUT2D eigenvalue weighted by Crippen LogP contribution is -1.94. The quantitative estimate of drug-likeness (QED) is 0.429. The number of hydrogen-bond acceptors (Lipinski definition) is 1. The van der Waals surface area contributed by atoms with E-state index in [1.54, 1.807) is 24.3 Å². The van der Waals surface area contributed by atoms with Gasteiger partial charge in [0, 0.05) is 16.7 Å². The maximum atomic E-state index is 11.4. The largest absolute Gasteiger partial charge is 0.289 e. The van der Waals surface area contributed by atoms with Crippen LogP contribution in [0.3, 0.4) is 0 Å². The molecule has 0 N–H and O–H groups in total. The smallest absolute Gasteiger partial charge is 0.187 e. The normalized spacial score (nSPS) is 11.4. The second kappa shape index (κ2) is 5.05. The van der Waals surface area contributed by atoms with E-state index in [2.05, 4.69) is 0 Å². The molecular weight excluding hydrogens is 207 g/mol. The molecule has 0 fully saturated rings. The van der Waals surface area contributed by atoms with E-state index in [4.69, 9.17) is 23.2 Å². The third-order valence-electron chi connectivity index (χ3n) is 1.47. The van der Waals surface area contributed by atoms with Crippen molar-refractivity contribution in [2.24, 2.45) is 0 Å². The minimum Gasteiger partial charge on any atom is -0.289 e. The Morgan fingerprint density at radius 2 is 1.92 bits per heavy atom. The van der Waals surface area contributed by atoms with Gasteiger partial charge in [0.05, 0.1) is 5.88 Å². The molecule has 1 rings (SSSR count). The highest BCUT2D eigenvalue weighted by Crippen LogP contribution is 2.07. The van der Waals surface area contributed by atoms with Gasteiger partial charge in [-0.3, -0.25) is 4.79 Å². The minimum absolute atomic E-state index is 0.119. The first-order valence-electron chi connectivity index (χ1n) is 3.75. The van der Waals surface area contributed by atoms with Crippen molar-refractivity contribution >= 4 is 29.0 Å². The van der Waals surface area contributed by atoms with Crippen molar-refractivity contribution in [2.45, 2.75) is 0 Å². The molecule has 0 aliphatic carbocycles. The Hall–Kier alpha value is -0.790. The number of rotatable bonds is 3. The zero-order chi connectivity index (χ0) is 9.68. The molecule has 0 saturated carbocycles. The molecule has 0 atom stereocenters. The van der Waals surface area contributed by atoms with Gasteiger partial charge >= 0.3 is 0 Å². The van der Waals surface area contributed by atoms with E-state index in [0.29, 0.717) is 10.6 Å². The number of hydrogen-bond donors (Lipinski definition) is 0. The number of carbonyl (C=O) groups is 1. The van der Waals surface area contributed by atoms with Crippen LogP contribution in [0.5, 0.6) is 0 Å². The lowest BCUT2D eigenvalue weighted by molar-refractivity contribution is 0.104. The fourth-order valence-electron chi connectivity index (χ4n) is 0.867. The summed E-state index contributed by atoms with van der Waals surface area (Å²) in [4.78, 5) is 11.4. The lowest BCUT2D eigenvalue weighted by Gasteiger charge is -1.94. The van der Waals surface area contributed by atoms with Gasteiger partial charge in [-0.15, -0.1) is 11.6 Å². The van der Waals surface area contributed by atoms with Gasteiger partial charge in [0.15, 0.2) is 5.78 Å². The highest BCUT2D eigenvalue weighted by molar-refractivity contribution is 6.37. The maximum Gasteiger partial charge on any atom is 0.187 e. The van der Waals surface area contributed by atoms with Crippen LogP contribution in [0, 0.1) is 0 Å². The zero-order valence-corrected chi connectivity index (χ0v) is 8.35. The average Bonchev–Trinajstić information content (AvgIpc) is 2.19. The molecule has 0 radical (unpaired) electrons. The molecule has 3 heteroatoms. The second-order valence-electron chi connectivity index (χ2n) is 2.46. The van der Waals surface area contributed by atoms with Crippen molar-refractivity contribution in [3.05, 3.63) is 47.0 Å². The standard InChI is InChI=1S/C10H8Cl2O/c11-7-9(12)6-10(13)8-4-2-1-3-5-8/h1-6H,7H2/b9-6-. The molecule has 0 heterocycles. The summed E-state index contributed by atoms with van der Waals surface area (Å²) in [5.41, 5.74) is 0.616. The molecule has 0 aliphatic rings. The Labute approximate surface area is 87.0 Å². The van der Waals surface area contributed by atoms with E-state index in [1.165, 1.54) is 6.08 Å². The topological polar surface area (TPSA) is 17.1 Å². The molecular formula is C10H8Cl2O. The van der Waals surface area contributed by atoms with Crippen LogP contribution in [0.15, 0.2) is 41.4 Å². The summed E-state index contributed by atoms with van der Waals surface area (Å²) in [5, 5.41) is 0.357. The number of halogens is 2. The first-order valence-corrected chi connectivity index (χ1v) is 4.66. The fraction of sp³-hybridized carbons (Fsp3) is 0.100. The van der Waals surface area contributed by atoms with Crippen molar-refractivity contribution in [1.82, 2.24) is 0 Å².